The highest BCUT2D eigenvalue weighted by molar-refractivity contribution is 6.35. The largest absolute Gasteiger partial charge is 0.396 e. The Kier molecular flexibility index (Phi) is 6.71. The van der Waals surface area contributed by atoms with Gasteiger partial charge in [0.1, 0.15) is 0 Å². The highest BCUT2D eigenvalue weighted by Crippen LogP contribution is 2.28. The van der Waals surface area contributed by atoms with Crippen molar-refractivity contribution < 1.29 is 5.11 Å². The van der Waals surface area contributed by atoms with Gasteiger partial charge < -0.3 is 10.4 Å². The fourth-order valence-corrected chi connectivity index (χ4v) is 2.04. The third-order valence-electron chi connectivity index (χ3n) is 2.65. The molecule has 17 heavy (non-hydrogen) atoms. The van der Waals surface area contributed by atoms with Gasteiger partial charge in [0.25, 0.3) is 0 Å². The Morgan fingerprint density at radius 2 is 1.76 bits per heavy atom. The van der Waals surface area contributed by atoms with Gasteiger partial charge >= 0.3 is 0 Å². The lowest BCUT2D eigenvalue weighted by atomic mass is 10.2. The maximum Gasteiger partial charge on any atom is 0.0641 e. The van der Waals surface area contributed by atoms with Crippen molar-refractivity contribution >= 4 is 28.9 Å². The second-order valence-electron chi connectivity index (χ2n) is 4.15. The molecule has 0 heterocycles. The van der Waals surface area contributed by atoms with Crippen LogP contribution in [-0.2, 0) is 0 Å². The maximum absolute atomic E-state index is 8.65. The summed E-state index contributed by atoms with van der Waals surface area (Å²) in [6.07, 6.45) is 4.14. The van der Waals surface area contributed by atoms with E-state index in [1.807, 2.05) is 19.1 Å². The average molecular weight is 276 g/mol. The van der Waals surface area contributed by atoms with E-state index in [4.69, 9.17) is 28.3 Å². The van der Waals surface area contributed by atoms with Crippen LogP contribution >= 0.6 is 23.2 Å². The molecular weight excluding hydrogens is 257 g/mol. The first-order valence-corrected chi connectivity index (χ1v) is 6.71. The molecule has 0 aromatic heterocycles. The average Bonchev–Trinajstić information content (AvgIpc) is 2.30. The zero-order valence-electron chi connectivity index (χ0n) is 10.1. The summed E-state index contributed by atoms with van der Waals surface area (Å²) in [5.74, 6) is 0. The standard InChI is InChI=1S/C13H19Cl2NO/c1-10-8-12(15)13(9-11(10)14)16-6-4-2-3-5-7-17/h8-9,16-17H,2-7H2,1H3. The van der Waals surface area contributed by atoms with E-state index in [0.29, 0.717) is 5.02 Å². The molecule has 0 aliphatic rings. The molecule has 2 N–H and O–H groups in total. The van der Waals surface area contributed by atoms with Crippen LogP contribution in [0.5, 0.6) is 0 Å². The first-order valence-electron chi connectivity index (χ1n) is 5.95. The molecule has 96 valence electrons. The number of aliphatic hydroxyl groups excluding tert-OH is 1. The van der Waals surface area contributed by atoms with Gasteiger partial charge in [0.2, 0.25) is 0 Å². The van der Waals surface area contributed by atoms with Crippen LogP contribution in [0.3, 0.4) is 0 Å². The molecule has 0 aliphatic carbocycles. The van der Waals surface area contributed by atoms with Gasteiger partial charge in [-0.15, -0.1) is 0 Å². The number of hydrogen-bond donors (Lipinski definition) is 2. The lowest BCUT2D eigenvalue weighted by Gasteiger charge is -2.10. The summed E-state index contributed by atoms with van der Waals surface area (Å²) in [7, 11) is 0. The number of nitrogens with one attached hydrogen (secondary N) is 1. The second-order valence-corrected chi connectivity index (χ2v) is 4.96. The van der Waals surface area contributed by atoms with Crippen LogP contribution in [0, 0.1) is 6.92 Å². The van der Waals surface area contributed by atoms with Crippen LogP contribution in [0.4, 0.5) is 5.69 Å². The molecule has 0 radical (unpaired) electrons. The lowest BCUT2D eigenvalue weighted by Crippen LogP contribution is -2.02. The fourth-order valence-electron chi connectivity index (χ4n) is 1.60. The summed E-state index contributed by atoms with van der Waals surface area (Å²) in [6.45, 7) is 3.10. The Hall–Kier alpha value is -0.440. The van der Waals surface area contributed by atoms with Gasteiger partial charge in [0.05, 0.1) is 10.7 Å². The topological polar surface area (TPSA) is 32.3 Å². The van der Waals surface area contributed by atoms with Crippen LogP contribution < -0.4 is 5.32 Å². The zero-order valence-corrected chi connectivity index (χ0v) is 11.6. The first kappa shape index (κ1) is 14.6. The molecule has 0 saturated heterocycles. The van der Waals surface area contributed by atoms with Gasteiger partial charge in [0, 0.05) is 18.2 Å². The zero-order chi connectivity index (χ0) is 12.7. The molecule has 1 rings (SSSR count). The Morgan fingerprint density at radius 3 is 2.47 bits per heavy atom. The van der Waals surface area contributed by atoms with Crippen LogP contribution in [0.25, 0.3) is 0 Å². The third-order valence-corrected chi connectivity index (χ3v) is 3.37. The minimum atomic E-state index is 0.285. The number of unbranched alkanes of at least 4 members (excludes halogenated alkanes) is 3. The Labute approximate surface area is 113 Å². The normalized spacial score (nSPS) is 10.6. The quantitative estimate of drug-likeness (QED) is 0.729. The smallest absolute Gasteiger partial charge is 0.0641 e. The van der Waals surface area contributed by atoms with Crippen LogP contribution in [-0.4, -0.2) is 18.3 Å². The highest BCUT2D eigenvalue weighted by atomic mass is 35.5. The summed E-state index contributed by atoms with van der Waals surface area (Å²) in [5.41, 5.74) is 1.88. The molecule has 0 fully saturated rings. The SMILES string of the molecule is Cc1cc(Cl)c(NCCCCCCO)cc1Cl. The summed E-state index contributed by atoms with van der Waals surface area (Å²) in [6, 6.07) is 3.74. The van der Waals surface area contributed by atoms with E-state index in [2.05, 4.69) is 5.32 Å². The van der Waals surface area contributed by atoms with Gasteiger partial charge in [-0.05, 0) is 37.5 Å². The molecule has 1 aromatic carbocycles. The number of halogens is 2. The molecule has 4 heteroatoms. The second kappa shape index (κ2) is 7.80. The van der Waals surface area contributed by atoms with Crippen molar-refractivity contribution in [1.29, 1.82) is 0 Å². The van der Waals surface area contributed by atoms with E-state index in [1.54, 1.807) is 0 Å². The van der Waals surface area contributed by atoms with Gasteiger partial charge in [-0.25, -0.2) is 0 Å². The highest BCUT2D eigenvalue weighted by Gasteiger charge is 2.03. The van der Waals surface area contributed by atoms with E-state index >= 15 is 0 Å². The van der Waals surface area contributed by atoms with Gasteiger partial charge in [-0.3, -0.25) is 0 Å². The minimum Gasteiger partial charge on any atom is -0.396 e. The third kappa shape index (κ3) is 5.15. The van der Waals surface area contributed by atoms with Gasteiger partial charge in [0.15, 0.2) is 0 Å². The van der Waals surface area contributed by atoms with Gasteiger partial charge in [-0.2, -0.15) is 0 Å². The molecule has 0 atom stereocenters. The van der Waals surface area contributed by atoms with Crippen LogP contribution in [0.1, 0.15) is 31.2 Å². The Morgan fingerprint density at radius 1 is 1.06 bits per heavy atom. The molecule has 0 bridgehead atoms. The maximum atomic E-state index is 8.65. The van der Waals surface area contributed by atoms with Crippen molar-refractivity contribution in [3.63, 3.8) is 0 Å². The number of anilines is 1. The molecule has 0 spiro atoms. The number of rotatable bonds is 7. The van der Waals surface area contributed by atoms with E-state index < -0.39 is 0 Å². The molecule has 0 unspecified atom stereocenters. The minimum absolute atomic E-state index is 0.285. The van der Waals surface area contributed by atoms with Crippen molar-refractivity contribution in [2.24, 2.45) is 0 Å². The van der Waals surface area contributed by atoms with Crippen LogP contribution in [0.15, 0.2) is 12.1 Å². The summed E-state index contributed by atoms with van der Waals surface area (Å²) in [4.78, 5) is 0. The van der Waals surface area contributed by atoms with Crippen molar-refractivity contribution in [2.45, 2.75) is 32.6 Å². The predicted molar refractivity (Wildman–Crippen MR) is 75.2 cm³/mol. The van der Waals surface area contributed by atoms with Crippen molar-refractivity contribution in [3.8, 4) is 0 Å². The fraction of sp³-hybridized carbons (Fsp3) is 0.538. The molecule has 1 aromatic rings. The Balaban J connectivity index is 2.34. The lowest BCUT2D eigenvalue weighted by molar-refractivity contribution is 0.283. The van der Waals surface area contributed by atoms with Gasteiger partial charge in [-0.1, -0.05) is 36.0 Å². The number of aliphatic hydroxyl groups is 1. The molecular formula is C13H19Cl2NO. The van der Waals surface area contributed by atoms with E-state index in [-0.39, 0.29) is 6.61 Å². The molecule has 0 aliphatic heterocycles. The van der Waals surface area contributed by atoms with Crippen LogP contribution in [0.2, 0.25) is 10.0 Å². The van der Waals surface area contributed by atoms with Crippen molar-refractivity contribution in [3.05, 3.63) is 27.7 Å². The summed E-state index contributed by atoms with van der Waals surface area (Å²) in [5, 5.41) is 13.4. The van der Waals surface area contributed by atoms with E-state index in [9.17, 15) is 0 Å². The summed E-state index contributed by atoms with van der Waals surface area (Å²) < 4.78 is 0. The monoisotopic (exact) mass is 275 g/mol. The summed E-state index contributed by atoms with van der Waals surface area (Å²) >= 11 is 12.2. The number of benzene rings is 1. The number of hydrogen-bond acceptors (Lipinski definition) is 2. The first-order chi connectivity index (χ1) is 8.15. The molecule has 2 nitrogen and oxygen atoms in total. The molecule has 0 saturated carbocycles. The molecule has 0 amide bonds. The van der Waals surface area contributed by atoms with E-state index in [0.717, 1.165) is 48.5 Å². The van der Waals surface area contributed by atoms with E-state index in [1.165, 1.54) is 0 Å². The Bertz CT molecular complexity index is 356. The van der Waals surface area contributed by atoms with Crippen molar-refractivity contribution in [2.75, 3.05) is 18.5 Å². The predicted octanol–water partition coefficient (Wildman–Crippen LogP) is 4.27. The number of aryl methyl sites for hydroxylation is 1. The van der Waals surface area contributed by atoms with Crippen molar-refractivity contribution in [1.82, 2.24) is 0 Å².